The van der Waals surface area contributed by atoms with Crippen molar-refractivity contribution < 1.29 is 29.1 Å². The number of hydrogen-bond acceptors (Lipinski definition) is 10. The zero-order valence-electron chi connectivity index (χ0n) is 37.3. The number of hydrogen-bond donors (Lipinski definition) is 3. The van der Waals surface area contributed by atoms with E-state index in [-0.39, 0.29) is 24.5 Å². The van der Waals surface area contributed by atoms with Crippen LogP contribution in [0.1, 0.15) is 137 Å². The molecule has 55 heavy (non-hydrogen) atoms. The molecule has 5 fully saturated rings. The summed E-state index contributed by atoms with van der Waals surface area (Å²) in [5, 5.41) is 14.0. The lowest BCUT2D eigenvalue weighted by atomic mass is 9.65. The highest BCUT2D eigenvalue weighted by Gasteiger charge is 2.45. The fourth-order valence-corrected chi connectivity index (χ4v) is 10.3. The fraction of sp³-hybridized carbons (Fsp3) is 0.955. The number of hydrazine groups is 1. The van der Waals surface area contributed by atoms with Crippen LogP contribution in [0.2, 0.25) is 0 Å². The Labute approximate surface area is 337 Å². The molecule has 5 aliphatic rings. The van der Waals surface area contributed by atoms with Crippen LogP contribution in [0.5, 0.6) is 0 Å². The molecule has 1 heterocycles. The van der Waals surface area contributed by atoms with Gasteiger partial charge in [0, 0.05) is 44.7 Å². The summed E-state index contributed by atoms with van der Waals surface area (Å²) in [6.45, 7) is 14.3. The van der Waals surface area contributed by atoms with Crippen LogP contribution in [-0.2, 0) is 24.0 Å². The number of methoxy groups -OCH3 is 1. The number of hydroxylamine groups is 2. The molecular weight excluding hydrogens is 695 g/mol. The Morgan fingerprint density at radius 1 is 0.982 bits per heavy atom. The van der Waals surface area contributed by atoms with Gasteiger partial charge in [-0.25, -0.2) is 5.01 Å². The quantitative estimate of drug-likeness (QED) is 0.140. The normalized spacial score (nSPS) is 31.8. The summed E-state index contributed by atoms with van der Waals surface area (Å²) < 4.78 is 6.23. The summed E-state index contributed by atoms with van der Waals surface area (Å²) in [5.74, 6) is 3.47. The van der Waals surface area contributed by atoms with Crippen LogP contribution in [0.4, 0.5) is 0 Å². The number of amides is 1. The van der Waals surface area contributed by atoms with Crippen LogP contribution in [0.3, 0.4) is 0 Å². The molecule has 11 nitrogen and oxygen atoms in total. The second kappa shape index (κ2) is 26.7. The molecule has 9 atom stereocenters. The molecule has 4 saturated carbocycles. The maximum Gasteiger partial charge on any atom is 0.242 e. The summed E-state index contributed by atoms with van der Waals surface area (Å²) in [4.78, 5) is 39.8. The van der Waals surface area contributed by atoms with Crippen molar-refractivity contribution in [3.05, 3.63) is 0 Å². The molecule has 1 aliphatic heterocycles. The van der Waals surface area contributed by atoms with Crippen LogP contribution in [-0.4, -0.2) is 119 Å². The van der Waals surface area contributed by atoms with Crippen LogP contribution in [0, 0.1) is 46.8 Å². The number of nitrogens with zero attached hydrogens (tertiary/aromatic N) is 3. The molecule has 0 bridgehead atoms. The van der Waals surface area contributed by atoms with Crippen molar-refractivity contribution in [1.29, 1.82) is 0 Å². The van der Waals surface area contributed by atoms with E-state index in [4.69, 9.17) is 19.5 Å². The third-order valence-corrected chi connectivity index (χ3v) is 13.5. The van der Waals surface area contributed by atoms with Crippen molar-refractivity contribution in [2.45, 2.75) is 156 Å². The molecule has 0 aromatic rings. The smallest absolute Gasteiger partial charge is 0.242 e. The van der Waals surface area contributed by atoms with E-state index in [1.54, 1.807) is 6.92 Å². The molecule has 1 amide bonds. The highest BCUT2D eigenvalue weighted by atomic mass is 16.7. The lowest BCUT2D eigenvalue weighted by Crippen LogP contribution is -2.55. The molecule has 5 rings (SSSR count). The van der Waals surface area contributed by atoms with Crippen molar-refractivity contribution in [2.24, 2.45) is 46.8 Å². The average Bonchev–Trinajstić information content (AvgIpc) is 3.68. The molecule has 3 N–H and O–H groups in total. The third kappa shape index (κ3) is 16.5. The Bertz CT molecular complexity index is 1020. The summed E-state index contributed by atoms with van der Waals surface area (Å²) in [7, 11) is 11.4. The molecule has 324 valence electrons. The van der Waals surface area contributed by atoms with E-state index < -0.39 is 6.04 Å². The van der Waals surface area contributed by atoms with Gasteiger partial charge in [0.2, 0.25) is 5.91 Å². The van der Waals surface area contributed by atoms with E-state index in [1.807, 2.05) is 21.2 Å². The maximum absolute atomic E-state index is 14.1. The highest BCUT2D eigenvalue weighted by molar-refractivity contribution is 5.81. The minimum absolute atomic E-state index is 0.00639. The van der Waals surface area contributed by atoms with Crippen molar-refractivity contribution in [3.8, 4) is 0 Å². The lowest BCUT2D eigenvalue weighted by molar-refractivity contribution is -0.165. The van der Waals surface area contributed by atoms with E-state index >= 15 is 0 Å². The predicted octanol–water partition coefficient (Wildman–Crippen LogP) is 7.14. The number of aldehydes is 1. The first-order chi connectivity index (χ1) is 26.3. The van der Waals surface area contributed by atoms with Gasteiger partial charge in [0.25, 0.3) is 0 Å². The summed E-state index contributed by atoms with van der Waals surface area (Å²) in [5.41, 5.74) is 3.43. The Morgan fingerprint density at radius 3 is 2.18 bits per heavy atom. The van der Waals surface area contributed by atoms with Crippen LogP contribution in [0.25, 0.3) is 0 Å². The fourth-order valence-electron chi connectivity index (χ4n) is 10.3. The average molecular weight is 782 g/mol. The summed E-state index contributed by atoms with van der Waals surface area (Å²) >= 11 is 0. The standard InChI is InChI=1S/C30H54N4O5.C10H20.C2H7N.C2H6O/c1-32(2)26-18-24(28-13-8-12-23(29(28)37-3)20-33-14-9-15-39-33)17-25(19-26)30(36)34(31-38-4)27(21-35)16-22-10-6-5-7-11-22;1-8-5-6-9(2)10(3,4)7-8;1-3-2;1-2-3/h21-29,31H,5-20H2,1-4H3;8-9H,5-7H2,1-4H3;3H,1-2H3;3H,2H2,1H3. The zero-order chi connectivity index (χ0) is 41.0. The van der Waals surface area contributed by atoms with E-state index in [2.05, 4.69) is 62.7 Å². The van der Waals surface area contributed by atoms with Gasteiger partial charge in [-0.1, -0.05) is 72.6 Å². The molecule has 0 spiro atoms. The number of carbonyl (C=O) groups excluding carboxylic acids is 2. The second-order valence-electron chi connectivity index (χ2n) is 18.5. The van der Waals surface area contributed by atoms with Gasteiger partial charge >= 0.3 is 0 Å². The van der Waals surface area contributed by atoms with Gasteiger partial charge < -0.3 is 24.9 Å². The molecule has 11 heteroatoms. The van der Waals surface area contributed by atoms with Crippen molar-refractivity contribution in [2.75, 3.05) is 68.7 Å². The van der Waals surface area contributed by atoms with Gasteiger partial charge in [-0.15, -0.1) is 5.59 Å². The topological polar surface area (TPSA) is 116 Å². The first kappa shape index (κ1) is 50.0. The molecule has 1 saturated heterocycles. The van der Waals surface area contributed by atoms with Gasteiger partial charge in [0.1, 0.15) is 12.3 Å². The highest BCUT2D eigenvalue weighted by Crippen LogP contribution is 2.45. The van der Waals surface area contributed by atoms with Crippen molar-refractivity contribution in [3.63, 3.8) is 0 Å². The molecule has 0 aromatic heterocycles. The minimum Gasteiger partial charge on any atom is -0.397 e. The monoisotopic (exact) mass is 782 g/mol. The predicted molar refractivity (Wildman–Crippen MR) is 224 cm³/mol. The Hall–Kier alpha value is -1.18. The minimum atomic E-state index is -0.509. The van der Waals surface area contributed by atoms with Gasteiger partial charge in [0.15, 0.2) is 0 Å². The Balaban J connectivity index is 0.000000546. The number of aliphatic hydroxyl groups is 1. The van der Waals surface area contributed by atoms with Gasteiger partial charge in [-0.3, -0.25) is 14.5 Å². The van der Waals surface area contributed by atoms with Gasteiger partial charge in [0.05, 0.1) is 19.8 Å². The van der Waals surface area contributed by atoms with Crippen LogP contribution in [0.15, 0.2) is 0 Å². The molecule has 0 radical (unpaired) electrons. The SMILES string of the molecule is CC1CCC(C)C(C)(C)C1.CCO.CNC.CONN(C(=O)C1CC(C2CCCC(CN3CCCO3)C2OC)CC(N(C)C)C1)C(C=O)CC1CCCCC1. The van der Waals surface area contributed by atoms with Gasteiger partial charge in [-0.05, 0) is 128 Å². The number of carbonyl (C=O) groups is 2. The maximum atomic E-state index is 14.1. The number of ether oxygens (including phenoxy) is 1. The van der Waals surface area contributed by atoms with E-state index in [0.29, 0.717) is 41.5 Å². The summed E-state index contributed by atoms with van der Waals surface area (Å²) in [6, 6.07) is -0.195. The lowest BCUT2D eigenvalue weighted by Gasteiger charge is -2.47. The zero-order valence-corrected chi connectivity index (χ0v) is 37.3. The van der Waals surface area contributed by atoms with Crippen LogP contribution < -0.4 is 10.9 Å². The molecule has 0 aromatic carbocycles. The van der Waals surface area contributed by atoms with Crippen LogP contribution >= 0.6 is 0 Å². The molecular formula is C44H87N5O6. The second-order valence-corrected chi connectivity index (χ2v) is 18.5. The van der Waals surface area contributed by atoms with Crippen molar-refractivity contribution >= 4 is 12.2 Å². The number of rotatable bonds is 12. The number of aliphatic hydroxyl groups excluding tert-OH is 1. The largest absolute Gasteiger partial charge is 0.397 e. The summed E-state index contributed by atoms with van der Waals surface area (Å²) in [6.07, 6.45) is 19.4. The first-order valence-electron chi connectivity index (χ1n) is 22.1. The van der Waals surface area contributed by atoms with E-state index in [1.165, 1.54) is 57.1 Å². The Morgan fingerprint density at radius 2 is 1.65 bits per heavy atom. The third-order valence-electron chi connectivity index (χ3n) is 13.5. The van der Waals surface area contributed by atoms with Gasteiger partial charge in [-0.2, -0.15) is 5.06 Å². The molecule has 9 unspecified atom stereocenters. The number of nitrogens with one attached hydrogen (secondary N) is 2. The van der Waals surface area contributed by atoms with E-state index in [9.17, 15) is 9.59 Å². The van der Waals surface area contributed by atoms with E-state index in [0.717, 1.165) is 89.2 Å². The van der Waals surface area contributed by atoms with Crippen molar-refractivity contribution in [1.82, 2.24) is 25.9 Å². The first-order valence-corrected chi connectivity index (χ1v) is 22.1. The Kier molecular flexibility index (Phi) is 24.3. The molecule has 4 aliphatic carbocycles.